The molecule has 0 radical (unpaired) electrons. The van der Waals surface area contributed by atoms with E-state index < -0.39 is 11.9 Å². The molecule has 0 fully saturated rings. The first kappa shape index (κ1) is 28.1. The van der Waals surface area contributed by atoms with E-state index in [1.807, 2.05) is 19.1 Å². The van der Waals surface area contributed by atoms with Crippen LogP contribution in [-0.4, -0.2) is 51.2 Å². The number of halogens is 5. The van der Waals surface area contributed by atoms with Crippen molar-refractivity contribution < 1.29 is 23.9 Å². The SMILES string of the molecule is COC(=O)c1c(Cl)c(Cl)c(C(=O)OC)c(Cl)c1Cl.Cc1ccc(NC(=O)N(C)C)cc1Cl. The largest absolute Gasteiger partial charge is 0.465 e. The Kier molecular flexibility index (Phi) is 10.9. The molecule has 1 N–H and O–H groups in total. The molecule has 2 amide bonds. The van der Waals surface area contributed by atoms with Crippen LogP contribution in [0, 0.1) is 6.92 Å². The molecule has 0 aromatic heterocycles. The number of amides is 2. The third-order valence-corrected chi connectivity index (χ3v) is 5.98. The number of rotatable bonds is 3. The molecule has 0 atom stereocenters. The summed E-state index contributed by atoms with van der Waals surface area (Å²) in [6, 6.07) is 5.26. The number of anilines is 1. The summed E-state index contributed by atoms with van der Waals surface area (Å²) in [6.07, 6.45) is 0. The zero-order valence-electron chi connectivity index (χ0n) is 17.6. The van der Waals surface area contributed by atoms with Crippen LogP contribution in [0.4, 0.5) is 10.5 Å². The number of nitrogens with one attached hydrogen (secondary N) is 1. The number of esters is 2. The number of hydrogen-bond acceptors (Lipinski definition) is 5. The molecule has 0 bridgehead atoms. The maximum Gasteiger partial charge on any atom is 0.341 e. The number of nitrogens with zero attached hydrogens (tertiary/aromatic N) is 1. The van der Waals surface area contributed by atoms with Crippen LogP contribution in [0.5, 0.6) is 0 Å². The topological polar surface area (TPSA) is 84.9 Å². The standard InChI is InChI=1S/C10H6Cl4O4.C10H13ClN2O/c1-17-9(15)3-5(11)7(13)4(10(16)18-2)8(14)6(3)12;1-7-4-5-8(6-9(7)11)12-10(14)13(2)3/h1-2H3;4-6H,1-3H3,(H,12,14). The Labute approximate surface area is 210 Å². The van der Waals surface area contributed by atoms with Crippen molar-refractivity contribution in [3.05, 3.63) is 60.0 Å². The van der Waals surface area contributed by atoms with Gasteiger partial charge in [-0.05, 0) is 24.6 Å². The van der Waals surface area contributed by atoms with Gasteiger partial charge in [0, 0.05) is 24.8 Å². The fourth-order valence-corrected chi connectivity index (χ4v) is 3.44. The molecule has 7 nitrogen and oxygen atoms in total. The minimum absolute atomic E-state index is 0.162. The molecule has 0 spiro atoms. The van der Waals surface area contributed by atoms with E-state index in [0.717, 1.165) is 19.8 Å². The van der Waals surface area contributed by atoms with Crippen LogP contribution in [0.3, 0.4) is 0 Å². The average molecular weight is 545 g/mol. The number of ether oxygens (including phenoxy) is 2. The van der Waals surface area contributed by atoms with E-state index in [1.54, 1.807) is 20.2 Å². The maximum atomic E-state index is 11.5. The summed E-state index contributed by atoms with van der Waals surface area (Å²) >= 11 is 29.4. The highest BCUT2D eigenvalue weighted by molar-refractivity contribution is 6.52. The predicted molar refractivity (Wildman–Crippen MR) is 128 cm³/mol. The lowest BCUT2D eigenvalue weighted by atomic mass is 10.1. The molecule has 0 aliphatic rings. The average Bonchev–Trinajstić information content (AvgIpc) is 2.75. The maximum absolute atomic E-state index is 11.5. The Balaban J connectivity index is 0.000000330. The van der Waals surface area contributed by atoms with Crippen molar-refractivity contribution in [1.82, 2.24) is 4.90 Å². The van der Waals surface area contributed by atoms with E-state index >= 15 is 0 Å². The predicted octanol–water partition coefficient (Wildman–Crippen LogP) is 6.62. The number of carbonyl (C=O) groups excluding carboxylic acids is 3. The van der Waals surface area contributed by atoms with E-state index in [9.17, 15) is 14.4 Å². The number of carbonyl (C=O) groups is 3. The summed E-state index contributed by atoms with van der Waals surface area (Å²) < 4.78 is 8.99. The van der Waals surface area contributed by atoms with Gasteiger partial charge in [0.15, 0.2) is 0 Å². The van der Waals surface area contributed by atoms with Crippen LogP contribution >= 0.6 is 58.0 Å². The minimum Gasteiger partial charge on any atom is -0.465 e. The van der Waals surface area contributed by atoms with Gasteiger partial charge in [0.05, 0.1) is 45.4 Å². The van der Waals surface area contributed by atoms with Gasteiger partial charge in [0.2, 0.25) is 0 Å². The van der Waals surface area contributed by atoms with Crippen LogP contribution in [0.1, 0.15) is 26.3 Å². The zero-order chi connectivity index (χ0) is 24.7. The number of benzene rings is 2. The van der Waals surface area contributed by atoms with Crippen molar-refractivity contribution in [3.63, 3.8) is 0 Å². The summed E-state index contributed by atoms with van der Waals surface area (Å²) in [5, 5.41) is 2.47. The smallest absolute Gasteiger partial charge is 0.341 e. The van der Waals surface area contributed by atoms with Gasteiger partial charge in [0.25, 0.3) is 0 Å². The van der Waals surface area contributed by atoms with Crippen molar-refractivity contribution in [2.75, 3.05) is 33.6 Å². The van der Waals surface area contributed by atoms with Gasteiger partial charge in [-0.2, -0.15) is 0 Å². The summed E-state index contributed by atoms with van der Waals surface area (Å²) in [6.45, 7) is 1.92. The van der Waals surface area contributed by atoms with Gasteiger partial charge >= 0.3 is 18.0 Å². The normalized spacial score (nSPS) is 9.94. The van der Waals surface area contributed by atoms with Gasteiger partial charge in [-0.15, -0.1) is 0 Å². The molecule has 2 rings (SSSR count). The first-order valence-corrected chi connectivity index (χ1v) is 10.5. The fourth-order valence-electron chi connectivity index (χ4n) is 2.10. The van der Waals surface area contributed by atoms with Crippen LogP contribution in [0.25, 0.3) is 0 Å². The summed E-state index contributed by atoms with van der Waals surface area (Å²) in [5.74, 6) is -1.63. The van der Waals surface area contributed by atoms with Crippen LogP contribution in [-0.2, 0) is 9.47 Å². The number of hydrogen-bond donors (Lipinski definition) is 1. The van der Waals surface area contributed by atoms with E-state index in [4.69, 9.17) is 58.0 Å². The molecule has 12 heteroatoms. The quantitative estimate of drug-likeness (QED) is 0.347. The molecule has 0 unspecified atom stereocenters. The second-order valence-corrected chi connectivity index (χ2v) is 8.20. The van der Waals surface area contributed by atoms with Crippen molar-refractivity contribution in [2.24, 2.45) is 0 Å². The van der Waals surface area contributed by atoms with E-state index in [1.165, 1.54) is 4.90 Å². The van der Waals surface area contributed by atoms with Gasteiger partial charge in [0.1, 0.15) is 0 Å². The van der Waals surface area contributed by atoms with Crippen LogP contribution in [0.15, 0.2) is 18.2 Å². The lowest BCUT2D eigenvalue weighted by Crippen LogP contribution is -2.27. The third kappa shape index (κ3) is 6.80. The highest BCUT2D eigenvalue weighted by atomic mass is 35.5. The number of aryl methyl sites for hydroxylation is 1. The molecule has 0 saturated heterocycles. The Hall–Kier alpha value is -1.90. The lowest BCUT2D eigenvalue weighted by molar-refractivity contribution is 0.0587. The monoisotopic (exact) mass is 542 g/mol. The molecule has 0 aliphatic heterocycles. The molecule has 2 aromatic rings. The minimum atomic E-state index is -0.815. The Morgan fingerprint density at radius 3 is 1.53 bits per heavy atom. The third-order valence-electron chi connectivity index (χ3n) is 3.87. The van der Waals surface area contributed by atoms with Gasteiger partial charge in [-0.1, -0.05) is 64.1 Å². The molecule has 32 heavy (non-hydrogen) atoms. The Morgan fingerprint density at radius 2 is 1.22 bits per heavy atom. The summed E-state index contributed by atoms with van der Waals surface area (Å²) in [5.41, 5.74) is 1.29. The van der Waals surface area contributed by atoms with E-state index in [-0.39, 0.29) is 37.2 Å². The van der Waals surface area contributed by atoms with E-state index in [0.29, 0.717) is 10.7 Å². The molecule has 2 aromatic carbocycles. The molecular weight excluding hydrogens is 525 g/mol. The summed E-state index contributed by atoms with van der Waals surface area (Å²) in [7, 11) is 5.66. The zero-order valence-corrected chi connectivity index (χ0v) is 21.4. The van der Waals surface area contributed by atoms with Gasteiger partial charge in [-0.25, -0.2) is 14.4 Å². The highest BCUT2D eigenvalue weighted by Gasteiger charge is 2.28. The second kappa shape index (κ2) is 12.4. The fraction of sp³-hybridized carbons (Fsp3) is 0.250. The van der Waals surface area contributed by atoms with Crippen molar-refractivity contribution in [2.45, 2.75) is 6.92 Å². The van der Waals surface area contributed by atoms with Crippen molar-refractivity contribution in [1.29, 1.82) is 0 Å². The van der Waals surface area contributed by atoms with Crippen molar-refractivity contribution in [3.8, 4) is 0 Å². The lowest BCUT2D eigenvalue weighted by Gasteiger charge is -2.12. The Bertz CT molecular complexity index is 968. The van der Waals surface area contributed by atoms with Gasteiger partial charge in [-0.3, -0.25) is 0 Å². The molecular formula is C20H19Cl5N2O5. The molecule has 174 valence electrons. The first-order valence-electron chi connectivity index (χ1n) is 8.64. The van der Waals surface area contributed by atoms with Gasteiger partial charge < -0.3 is 19.7 Å². The molecule has 0 saturated carbocycles. The Morgan fingerprint density at radius 1 is 0.812 bits per heavy atom. The summed E-state index contributed by atoms with van der Waals surface area (Å²) in [4.78, 5) is 35.7. The van der Waals surface area contributed by atoms with Crippen molar-refractivity contribution >= 4 is 81.7 Å². The van der Waals surface area contributed by atoms with Crippen LogP contribution in [0.2, 0.25) is 25.1 Å². The number of urea groups is 1. The highest BCUT2D eigenvalue weighted by Crippen LogP contribution is 2.41. The number of methoxy groups -OCH3 is 2. The first-order chi connectivity index (χ1) is 14.9. The molecule has 0 aliphatic carbocycles. The molecule has 0 heterocycles. The second-order valence-electron chi connectivity index (χ2n) is 6.28. The van der Waals surface area contributed by atoms with Crippen LogP contribution < -0.4 is 5.32 Å². The van der Waals surface area contributed by atoms with E-state index in [2.05, 4.69) is 14.8 Å².